The number of halogens is 1. The Balaban J connectivity index is 0.00000192. The van der Waals surface area contributed by atoms with E-state index in [0.29, 0.717) is 6.04 Å². The fraction of sp³-hybridized carbons (Fsp3) is 0.941. The molecule has 0 aromatic heterocycles. The molecule has 0 unspecified atom stereocenters. The average Bonchev–Trinajstić information content (AvgIpc) is 3.39. The Hall–Kier alpha value is 0.310. The van der Waals surface area contributed by atoms with E-state index in [0.717, 1.165) is 31.0 Å². The van der Waals surface area contributed by atoms with Crippen LogP contribution in [0, 0.1) is 5.92 Å². The van der Waals surface area contributed by atoms with Gasteiger partial charge in [0.25, 0.3) is 0 Å². The Morgan fingerprint density at radius 2 is 1.78 bits per heavy atom. The third-order valence-corrected chi connectivity index (χ3v) is 6.18. The standard InChI is InChI=1S/C17H32N4S.HI/c1-2-18-17(19-13-14-7-11-22-12-8-14)20-15-5-9-21(10-6-15)16-3-4-16;/h14-16H,2-13H2,1H3,(H2,18,19,20);1H. The number of hydrogen-bond acceptors (Lipinski definition) is 3. The number of nitrogens with zero attached hydrogens (tertiary/aromatic N) is 2. The van der Waals surface area contributed by atoms with Crippen LogP contribution in [0.5, 0.6) is 0 Å². The van der Waals surface area contributed by atoms with Crippen LogP contribution >= 0.6 is 35.7 Å². The van der Waals surface area contributed by atoms with Gasteiger partial charge in [-0.25, -0.2) is 0 Å². The molecule has 134 valence electrons. The molecule has 2 N–H and O–H groups in total. The number of nitrogens with one attached hydrogen (secondary N) is 2. The largest absolute Gasteiger partial charge is 0.357 e. The molecule has 1 saturated carbocycles. The molecule has 2 aliphatic heterocycles. The molecule has 3 rings (SSSR count). The maximum absolute atomic E-state index is 4.87. The van der Waals surface area contributed by atoms with Crippen molar-refractivity contribution in [2.75, 3.05) is 37.7 Å². The zero-order valence-electron chi connectivity index (χ0n) is 14.4. The molecule has 1 aliphatic carbocycles. The monoisotopic (exact) mass is 452 g/mol. The van der Waals surface area contributed by atoms with E-state index in [-0.39, 0.29) is 24.0 Å². The number of aliphatic imine (C=N–C) groups is 1. The van der Waals surface area contributed by atoms with E-state index in [9.17, 15) is 0 Å². The summed E-state index contributed by atoms with van der Waals surface area (Å²) in [5.74, 6) is 4.49. The van der Waals surface area contributed by atoms with E-state index in [1.165, 1.54) is 63.1 Å². The third kappa shape index (κ3) is 6.61. The lowest BCUT2D eigenvalue weighted by molar-refractivity contribution is 0.197. The maximum Gasteiger partial charge on any atom is 0.191 e. The average molecular weight is 452 g/mol. The Morgan fingerprint density at radius 1 is 1.09 bits per heavy atom. The van der Waals surface area contributed by atoms with Gasteiger partial charge in [0.05, 0.1) is 0 Å². The summed E-state index contributed by atoms with van der Waals surface area (Å²) in [6.45, 7) is 6.64. The summed E-state index contributed by atoms with van der Waals surface area (Å²) in [5, 5.41) is 7.12. The second-order valence-electron chi connectivity index (χ2n) is 6.96. The minimum Gasteiger partial charge on any atom is -0.357 e. The zero-order chi connectivity index (χ0) is 15.2. The zero-order valence-corrected chi connectivity index (χ0v) is 17.6. The number of likely N-dealkylation sites (tertiary alicyclic amines) is 1. The Bertz CT molecular complexity index is 362. The van der Waals surface area contributed by atoms with Crippen LogP contribution in [0.25, 0.3) is 0 Å². The molecule has 0 aromatic carbocycles. The lowest BCUT2D eigenvalue weighted by atomic mass is 10.0. The summed E-state index contributed by atoms with van der Waals surface area (Å²) < 4.78 is 0. The molecule has 3 fully saturated rings. The summed E-state index contributed by atoms with van der Waals surface area (Å²) in [5.41, 5.74) is 0. The SMILES string of the molecule is CCNC(=NCC1CCSCC1)NC1CCN(C2CC2)CC1.I. The van der Waals surface area contributed by atoms with Crippen molar-refractivity contribution < 1.29 is 0 Å². The van der Waals surface area contributed by atoms with E-state index in [4.69, 9.17) is 4.99 Å². The topological polar surface area (TPSA) is 39.7 Å². The maximum atomic E-state index is 4.87. The summed E-state index contributed by atoms with van der Waals surface area (Å²) in [4.78, 5) is 7.55. The van der Waals surface area contributed by atoms with E-state index in [1.807, 2.05) is 0 Å². The second-order valence-corrected chi connectivity index (χ2v) is 8.19. The highest BCUT2D eigenvalue weighted by atomic mass is 127. The van der Waals surface area contributed by atoms with Crippen LogP contribution in [0.2, 0.25) is 0 Å². The molecule has 0 radical (unpaired) electrons. The first-order chi connectivity index (χ1) is 10.8. The second kappa shape index (κ2) is 10.3. The van der Waals surface area contributed by atoms with Crippen LogP contribution in [0.1, 0.15) is 45.4 Å². The van der Waals surface area contributed by atoms with Crippen LogP contribution in [0.15, 0.2) is 4.99 Å². The van der Waals surface area contributed by atoms with Gasteiger partial charge in [-0.2, -0.15) is 11.8 Å². The number of hydrogen-bond donors (Lipinski definition) is 2. The van der Waals surface area contributed by atoms with Crippen molar-refractivity contribution in [3.05, 3.63) is 0 Å². The molecule has 23 heavy (non-hydrogen) atoms. The molecule has 0 aromatic rings. The quantitative estimate of drug-likeness (QED) is 0.382. The van der Waals surface area contributed by atoms with E-state index in [2.05, 4.69) is 34.2 Å². The molecule has 0 spiro atoms. The first-order valence-electron chi connectivity index (χ1n) is 9.21. The predicted molar refractivity (Wildman–Crippen MR) is 112 cm³/mol. The third-order valence-electron chi connectivity index (χ3n) is 5.13. The van der Waals surface area contributed by atoms with Crippen LogP contribution in [-0.4, -0.2) is 60.6 Å². The van der Waals surface area contributed by atoms with Gasteiger partial charge in [0, 0.05) is 38.3 Å². The van der Waals surface area contributed by atoms with Gasteiger partial charge in [0.2, 0.25) is 0 Å². The van der Waals surface area contributed by atoms with Gasteiger partial charge < -0.3 is 15.5 Å². The highest BCUT2D eigenvalue weighted by Gasteiger charge is 2.31. The molecule has 0 bridgehead atoms. The van der Waals surface area contributed by atoms with Crippen molar-refractivity contribution in [1.82, 2.24) is 15.5 Å². The lowest BCUT2D eigenvalue weighted by Crippen LogP contribution is -2.49. The fourth-order valence-electron chi connectivity index (χ4n) is 3.51. The van der Waals surface area contributed by atoms with Gasteiger partial charge >= 0.3 is 0 Å². The predicted octanol–water partition coefficient (Wildman–Crippen LogP) is 2.93. The molecular weight excluding hydrogens is 419 g/mol. The summed E-state index contributed by atoms with van der Waals surface area (Å²) in [7, 11) is 0. The molecule has 2 saturated heterocycles. The van der Waals surface area contributed by atoms with E-state index in [1.54, 1.807) is 0 Å². The van der Waals surface area contributed by atoms with Crippen molar-refractivity contribution >= 4 is 41.7 Å². The normalized spacial score (nSPS) is 25.0. The molecule has 0 atom stereocenters. The number of guanidine groups is 1. The molecule has 2 heterocycles. The number of thioether (sulfide) groups is 1. The highest BCUT2D eigenvalue weighted by molar-refractivity contribution is 14.0. The molecule has 0 amide bonds. The van der Waals surface area contributed by atoms with Crippen molar-refractivity contribution in [2.45, 2.75) is 57.5 Å². The van der Waals surface area contributed by atoms with Crippen LogP contribution in [0.3, 0.4) is 0 Å². The summed E-state index contributed by atoms with van der Waals surface area (Å²) in [6.07, 6.45) is 8.08. The van der Waals surface area contributed by atoms with E-state index >= 15 is 0 Å². The molecule has 4 nitrogen and oxygen atoms in total. The first-order valence-corrected chi connectivity index (χ1v) is 10.4. The van der Waals surface area contributed by atoms with Gasteiger partial charge in [-0.15, -0.1) is 24.0 Å². The van der Waals surface area contributed by atoms with Gasteiger partial charge in [-0.1, -0.05) is 0 Å². The van der Waals surface area contributed by atoms with E-state index < -0.39 is 0 Å². The van der Waals surface area contributed by atoms with Crippen LogP contribution in [0.4, 0.5) is 0 Å². The summed E-state index contributed by atoms with van der Waals surface area (Å²) in [6, 6.07) is 1.53. The van der Waals surface area contributed by atoms with Gasteiger partial charge in [0.1, 0.15) is 0 Å². The minimum atomic E-state index is 0. The van der Waals surface area contributed by atoms with Crippen molar-refractivity contribution in [3.63, 3.8) is 0 Å². The van der Waals surface area contributed by atoms with Gasteiger partial charge in [-0.05, 0) is 62.9 Å². The highest BCUT2D eigenvalue weighted by Crippen LogP contribution is 2.29. The van der Waals surface area contributed by atoms with Crippen molar-refractivity contribution in [1.29, 1.82) is 0 Å². The minimum absolute atomic E-state index is 0. The van der Waals surface area contributed by atoms with Crippen molar-refractivity contribution in [2.24, 2.45) is 10.9 Å². The Labute approximate surface area is 163 Å². The first kappa shape index (κ1) is 19.6. The Kier molecular flexibility index (Phi) is 8.82. The van der Waals surface area contributed by atoms with Crippen molar-refractivity contribution in [3.8, 4) is 0 Å². The van der Waals surface area contributed by atoms with Gasteiger partial charge in [0.15, 0.2) is 5.96 Å². The summed E-state index contributed by atoms with van der Waals surface area (Å²) >= 11 is 2.09. The van der Waals surface area contributed by atoms with Gasteiger partial charge in [-0.3, -0.25) is 4.99 Å². The number of piperidine rings is 1. The lowest BCUT2D eigenvalue weighted by Gasteiger charge is -2.33. The number of rotatable bonds is 5. The smallest absolute Gasteiger partial charge is 0.191 e. The van der Waals surface area contributed by atoms with Crippen LogP contribution in [-0.2, 0) is 0 Å². The van der Waals surface area contributed by atoms with Crippen LogP contribution < -0.4 is 10.6 Å². The molecule has 6 heteroatoms. The molecular formula is C17H33IN4S. The molecule has 3 aliphatic rings. The Morgan fingerprint density at radius 3 is 2.39 bits per heavy atom. The fourth-order valence-corrected chi connectivity index (χ4v) is 4.72.